The molecule has 0 fully saturated rings. The molecule has 0 unspecified atom stereocenters. The van der Waals surface area contributed by atoms with E-state index in [-0.39, 0.29) is 12.0 Å². The van der Waals surface area contributed by atoms with E-state index in [0.717, 1.165) is 44.2 Å². The lowest BCUT2D eigenvalue weighted by Gasteiger charge is -2.22. The van der Waals surface area contributed by atoms with Gasteiger partial charge in [0.1, 0.15) is 11.6 Å². The number of benzene rings is 1. The van der Waals surface area contributed by atoms with Crippen molar-refractivity contribution in [2.75, 3.05) is 26.0 Å². The molecule has 1 atom stereocenters. The summed E-state index contributed by atoms with van der Waals surface area (Å²) >= 11 is 0. The maximum atomic E-state index is 11.8. The van der Waals surface area contributed by atoms with Gasteiger partial charge in [-0.1, -0.05) is 26.0 Å². The quantitative estimate of drug-likeness (QED) is 0.701. The first-order valence-corrected chi connectivity index (χ1v) is 12.0. The van der Waals surface area contributed by atoms with Crippen molar-refractivity contribution in [2.24, 2.45) is 5.92 Å². The number of ether oxygens (including phenoxy) is 1. The van der Waals surface area contributed by atoms with Gasteiger partial charge in [-0.2, -0.15) is 0 Å². The van der Waals surface area contributed by atoms with E-state index in [1.54, 1.807) is 0 Å². The average Bonchev–Trinajstić information content (AvgIpc) is 2.95. The molecule has 0 radical (unpaired) electrons. The Balaban J connectivity index is 1.70. The molecule has 160 valence electrons. The van der Waals surface area contributed by atoms with Crippen molar-refractivity contribution in [2.45, 2.75) is 46.3 Å². The van der Waals surface area contributed by atoms with E-state index >= 15 is 0 Å². The lowest BCUT2D eigenvalue weighted by atomic mass is 10.1. The minimum Gasteiger partial charge on any atom is -0.494 e. The smallest absolute Gasteiger partial charge is 0.209 e. The second kappa shape index (κ2) is 9.23. The lowest BCUT2D eigenvalue weighted by Crippen LogP contribution is -2.33. The first kappa shape index (κ1) is 21.7. The molecule has 0 aliphatic carbocycles. The number of aromatic nitrogens is 3. The summed E-state index contributed by atoms with van der Waals surface area (Å²) in [7, 11) is -3.34. The number of sulfonamides is 1. The standard InChI is InChI=1S/C20H31N5O3S/c1-5-28-17-8-6-16(7-9-17)14-24-11-10-18-21-22-20(25(18)13-12-24)19(15(2)3)23-29(4,26)27/h6-9,15,19,23H,5,10-14H2,1-4H3/t19-/m0/s1. The second-order valence-corrected chi connectivity index (χ2v) is 9.62. The minimum atomic E-state index is -3.34. The fourth-order valence-corrected chi connectivity index (χ4v) is 4.45. The van der Waals surface area contributed by atoms with E-state index in [0.29, 0.717) is 12.4 Å². The summed E-state index contributed by atoms with van der Waals surface area (Å²) in [6, 6.07) is 7.84. The van der Waals surface area contributed by atoms with Crippen LogP contribution in [0.3, 0.4) is 0 Å². The molecule has 1 aliphatic heterocycles. The van der Waals surface area contributed by atoms with Crippen LogP contribution < -0.4 is 9.46 Å². The third-order valence-electron chi connectivity index (χ3n) is 5.07. The number of hydrogen-bond acceptors (Lipinski definition) is 6. The molecule has 0 saturated heterocycles. The maximum absolute atomic E-state index is 11.8. The Hall–Kier alpha value is -1.97. The van der Waals surface area contributed by atoms with Crippen LogP contribution in [0.4, 0.5) is 0 Å². The van der Waals surface area contributed by atoms with Gasteiger partial charge in [-0.15, -0.1) is 10.2 Å². The molecule has 1 aromatic carbocycles. The average molecular weight is 422 g/mol. The fraction of sp³-hybridized carbons (Fsp3) is 0.600. The second-order valence-electron chi connectivity index (χ2n) is 7.84. The van der Waals surface area contributed by atoms with Crippen molar-refractivity contribution in [1.82, 2.24) is 24.4 Å². The molecule has 0 bridgehead atoms. The number of rotatable bonds is 8. The highest BCUT2D eigenvalue weighted by Gasteiger charge is 2.28. The van der Waals surface area contributed by atoms with E-state index in [1.807, 2.05) is 32.9 Å². The molecular weight excluding hydrogens is 390 g/mol. The molecule has 8 nitrogen and oxygen atoms in total. The van der Waals surface area contributed by atoms with Gasteiger partial charge in [-0.25, -0.2) is 13.1 Å². The van der Waals surface area contributed by atoms with Crippen molar-refractivity contribution in [3.63, 3.8) is 0 Å². The Labute approximate surface area is 173 Å². The van der Waals surface area contributed by atoms with E-state index in [1.165, 1.54) is 11.8 Å². The van der Waals surface area contributed by atoms with Gasteiger partial charge in [-0.3, -0.25) is 4.90 Å². The molecule has 0 amide bonds. The molecule has 0 spiro atoms. The van der Waals surface area contributed by atoms with Gasteiger partial charge in [-0.05, 0) is 30.5 Å². The van der Waals surface area contributed by atoms with Gasteiger partial charge >= 0.3 is 0 Å². The Morgan fingerprint density at radius 1 is 1.14 bits per heavy atom. The van der Waals surface area contributed by atoms with Crippen LogP contribution in [0.25, 0.3) is 0 Å². The highest BCUT2D eigenvalue weighted by Crippen LogP contribution is 2.23. The van der Waals surface area contributed by atoms with Crippen LogP contribution in [0.2, 0.25) is 0 Å². The van der Waals surface area contributed by atoms with Gasteiger partial charge in [0.05, 0.1) is 18.9 Å². The number of nitrogens with one attached hydrogen (secondary N) is 1. The van der Waals surface area contributed by atoms with Crippen molar-refractivity contribution < 1.29 is 13.2 Å². The zero-order chi connectivity index (χ0) is 21.0. The summed E-state index contributed by atoms with van der Waals surface area (Å²) in [5.41, 5.74) is 1.24. The van der Waals surface area contributed by atoms with Crippen molar-refractivity contribution in [3.8, 4) is 5.75 Å². The predicted octanol–water partition coefficient (Wildman–Crippen LogP) is 1.98. The zero-order valence-corrected chi connectivity index (χ0v) is 18.4. The monoisotopic (exact) mass is 421 g/mol. The lowest BCUT2D eigenvalue weighted by molar-refractivity contribution is 0.268. The van der Waals surface area contributed by atoms with Gasteiger partial charge in [0, 0.05) is 32.6 Å². The van der Waals surface area contributed by atoms with Gasteiger partial charge < -0.3 is 9.30 Å². The molecule has 2 heterocycles. The van der Waals surface area contributed by atoms with E-state index < -0.39 is 10.0 Å². The minimum absolute atomic E-state index is 0.0706. The molecule has 0 saturated carbocycles. The normalized spacial score (nSPS) is 16.4. The summed E-state index contributed by atoms with van der Waals surface area (Å²) < 4.78 is 33.9. The topological polar surface area (TPSA) is 89.3 Å². The number of fused-ring (bicyclic) bond motifs is 1. The molecule has 1 aromatic heterocycles. The first-order chi connectivity index (χ1) is 13.8. The van der Waals surface area contributed by atoms with Crippen LogP contribution in [0.15, 0.2) is 24.3 Å². The highest BCUT2D eigenvalue weighted by atomic mass is 32.2. The Bertz CT molecular complexity index is 909. The van der Waals surface area contributed by atoms with Crippen molar-refractivity contribution in [1.29, 1.82) is 0 Å². The van der Waals surface area contributed by atoms with E-state index in [4.69, 9.17) is 4.74 Å². The third-order valence-corrected chi connectivity index (χ3v) is 5.76. The Morgan fingerprint density at radius 2 is 1.86 bits per heavy atom. The molecular formula is C20H31N5O3S. The number of hydrogen-bond donors (Lipinski definition) is 1. The number of nitrogens with zero attached hydrogens (tertiary/aromatic N) is 4. The highest BCUT2D eigenvalue weighted by molar-refractivity contribution is 7.88. The summed E-state index contributed by atoms with van der Waals surface area (Å²) in [5.74, 6) is 2.57. The van der Waals surface area contributed by atoms with Crippen LogP contribution in [-0.2, 0) is 29.5 Å². The molecule has 29 heavy (non-hydrogen) atoms. The summed E-state index contributed by atoms with van der Waals surface area (Å²) in [4.78, 5) is 2.39. The van der Waals surface area contributed by atoms with Crippen molar-refractivity contribution >= 4 is 10.0 Å². The first-order valence-electron chi connectivity index (χ1n) is 10.1. The molecule has 3 rings (SSSR count). The van der Waals surface area contributed by atoms with Crippen LogP contribution >= 0.6 is 0 Å². The summed E-state index contributed by atoms with van der Waals surface area (Å²) in [6.45, 7) is 9.95. The van der Waals surface area contributed by atoms with E-state index in [9.17, 15) is 8.42 Å². The van der Waals surface area contributed by atoms with E-state index in [2.05, 4.69) is 36.5 Å². The fourth-order valence-electron chi connectivity index (χ4n) is 3.61. The Kier molecular flexibility index (Phi) is 6.92. The summed E-state index contributed by atoms with van der Waals surface area (Å²) in [6.07, 6.45) is 1.97. The van der Waals surface area contributed by atoms with Crippen molar-refractivity contribution in [3.05, 3.63) is 41.5 Å². The van der Waals surface area contributed by atoms with Crippen LogP contribution in [0, 0.1) is 5.92 Å². The Morgan fingerprint density at radius 3 is 2.48 bits per heavy atom. The largest absolute Gasteiger partial charge is 0.494 e. The predicted molar refractivity (Wildman–Crippen MR) is 112 cm³/mol. The van der Waals surface area contributed by atoms with Gasteiger partial charge in [0.25, 0.3) is 0 Å². The summed E-state index contributed by atoms with van der Waals surface area (Å²) in [5, 5.41) is 8.69. The molecule has 9 heteroatoms. The maximum Gasteiger partial charge on any atom is 0.209 e. The molecule has 2 aromatic rings. The van der Waals surface area contributed by atoms with Crippen LogP contribution in [0.5, 0.6) is 5.75 Å². The van der Waals surface area contributed by atoms with Crippen LogP contribution in [-0.4, -0.2) is 54.0 Å². The van der Waals surface area contributed by atoms with Gasteiger partial charge in [0.15, 0.2) is 5.82 Å². The third kappa shape index (κ3) is 5.77. The molecule has 1 N–H and O–H groups in total. The van der Waals surface area contributed by atoms with Crippen LogP contribution in [0.1, 0.15) is 44.0 Å². The zero-order valence-electron chi connectivity index (χ0n) is 17.6. The SMILES string of the molecule is CCOc1ccc(CN2CCc3nnc([C@@H](NS(C)(=O)=O)C(C)C)n3CC2)cc1. The molecule has 1 aliphatic rings. The van der Waals surface area contributed by atoms with Gasteiger partial charge in [0.2, 0.25) is 10.0 Å².